The van der Waals surface area contributed by atoms with E-state index in [1.165, 1.54) is 0 Å². The van der Waals surface area contributed by atoms with Gasteiger partial charge in [0.1, 0.15) is 34.1 Å². The van der Waals surface area contributed by atoms with Gasteiger partial charge in [-0.25, -0.2) is 34.5 Å². The fourth-order valence-corrected chi connectivity index (χ4v) is 14.0. The first kappa shape index (κ1) is 43.6. The molecule has 0 radical (unpaired) electrons. The number of nitrogens with zero attached hydrogens (tertiary/aromatic N) is 8. The molecular formula is C54H48AlN8O4P. The number of para-hydroxylation sites is 2. The minimum atomic E-state index is -3.94. The van der Waals surface area contributed by atoms with E-state index in [9.17, 15) is 4.57 Å². The van der Waals surface area contributed by atoms with Crippen LogP contribution in [0.25, 0.3) is 21.5 Å². The number of amidine groups is 4. The van der Waals surface area contributed by atoms with Crippen LogP contribution < -0.4 is 20.0 Å². The van der Waals surface area contributed by atoms with Crippen molar-refractivity contribution in [2.45, 2.75) is 57.7 Å². The number of phosphoric acid groups is 1. The van der Waals surface area contributed by atoms with E-state index in [0.717, 1.165) is 104 Å². The second-order valence-corrected chi connectivity index (χ2v) is 20.8. The van der Waals surface area contributed by atoms with Crippen LogP contribution in [-0.2, 0) is 9.09 Å². The van der Waals surface area contributed by atoms with Gasteiger partial charge in [0, 0.05) is 43.8 Å². The molecule has 0 N–H and O–H groups in total. The molecule has 4 aliphatic rings. The van der Waals surface area contributed by atoms with Gasteiger partial charge in [-0.2, -0.15) is 0 Å². The summed E-state index contributed by atoms with van der Waals surface area (Å²) >= 11 is -2.44. The Morgan fingerprint density at radius 2 is 0.809 bits per heavy atom. The third kappa shape index (κ3) is 8.16. The fraction of sp³-hybridized carbons (Fsp3) is 0.185. The van der Waals surface area contributed by atoms with Gasteiger partial charge in [0.2, 0.25) is 0 Å². The lowest BCUT2D eigenvalue weighted by Gasteiger charge is -2.20. The van der Waals surface area contributed by atoms with Crippen molar-refractivity contribution in [1.82, 2.24) is 7.10 Å². The summed E-state index contributed by atoms with van der Waals surface area (Å²) in [6.07, 6.45) is 5.62. The van der Waals surface area contributed by atoms with E-state index >= 15 is 0 Å². The molecule has 14 heteroatoms. The molecule has 2 aromatic heterocycles. The third-order valence-corrected chi connectivity index (χ3v) is 16.9. The number of fused-ring (bicyclic) bond motifs is 14. The normalized spacial score (nSPS) is 14.0. The summed E-state index contributed by atoms with van der Waals surface area (Å²) < 4.78 is 36.3. The molecule has 0 saturated carbocycles. The van der Waals surface area contributed by atoms with Crippen LogP contribution in [-0.4, -0.2) is 51.6 Å². The molecular weight excluding hydrogens is 883 g/mol. The summed E-state index contributed by atoms with van der Waals surface area (Å²) in [5, 5.41) is 4.95. The number of aliphatic imine (C=N–C) groups is 4. The summed E-state index contributed by atoms with van der Waals surface area (Å²) in [4.78, 5) is 32.4. The SMILES string of the molecule is CC.O=P(OCCCCCCC[CH2][Al]1[n]2c3c4ccccc4c2N=C2N=C(N=c4c5ccccc5c([n]41)=NC1=NC(=N3)c3ccccc31)c1ccccc12)(Oc1ccccc1)Oc1ccccc1. The van der Waals surface area contributed by atoms with Crippen molar-refractivity contribution in [2.24, 2.45) is 30.0 Å². The highest BCUT2D eigenvalue weighted by atomic mass is 31.2. The minimum absolute atomic E-state index is 0.244. The van der Waals surface area contributed by atoms with Crippen molar-refractivity contribution in [2.75, 3.05) is 6.61 Å². The number of phosphoric ester groups is 1. The summed E-state index contributed by atoms with van der Waals surface area (Å²) in [6, 6.07) is 51.4. The van der Waals surface area contributed by atoms with Gasteiger partial charge in [0.05, 0.1) is 6.61 Å². The molecule has 6 heterocycles. The van der Waals surface area contributed by atoms with Gasteiger partial charge < -0.3 is 16.1 Å². The molecule has 0 unspecified atom stereocenters. The van der Waals surface area contributed by atoms with Crippen LogP contribution in [0.2, 0.25) is 5.28 Å². The molecule has 0 aliphatic carbocycles. The Morgan fingerprint density at radius 1 is 0.426 bits per heavy atom. The van der Waals surface area contributed by atoms with Crippen LogP contribution in [0.5, 0.6) is 11.5 Å². The number of hydrogen-bond donors (Lipinski definition) is 0. The molecule has 6 aromatic carbocycles. The first-order valence-electron chi connectivity index (χ1n) is 23.6. The maximum Gasteiger partial charge on any atom is 0.588 e. The molecule has 8 aromatic rings. The number of unbranched alkanes of at least 4 members (excludes halogenated alkanes) is 5. The van der Waals surface area contributed by atoms with E-state index < -0.39 is 22.4 Å². The number of rotatable bonds is 14. The van der Waals surface area contributed by atoms with Crippen LogP contribution in [0.4, 0.5) is 11.6 Å². The van der Waals surface area contributed by atoms with Gasteiger partial charge in [0.15, 0.2) is 23.3 Å². The Bertz CT molecular complexity index is 3320. The van der Waals surface area contributed by atoms with Crippen molar-refractivity contribution in [3.8, 4) is 11.5 Å². The quantitative estimate of drug-likeness (QED) is 0.0611. The minimum Gasteiger partial charge on any atom is -0.395 e. The van der Waals surface area contributed by atoms with Gasteiger partial charge >= 0.3 is 22.4 Å². The van der Waals surface area contributed by atoms with E-state index in [2.05, 4.69) is 79.9 Å². The van der Waals surface area contributed by atoms with Gasteiger partial charge in [-0.1, -0.05) is 185 Å². The Labute approximate surface area is 398 Å². The van der Waals surface area contributed by atoms with Gasteiger partial charge in [-0.15, -0.1) is 0 Å². The smallest absolute Gasteiger partial charge is 0.395 e. The largest absolute Gasteiger partial charge is 0.588 e. The van der Waals surface area contributed by atoms with Crippen LogP contribution in [0, 0.1) is 0 Å². The highest BCUT2D eigenvalue weighted by Gasteiger charge is 2.38. The summed E-state index contributed by atoms with van der Waals surface area (Å²) in [6.45, 7) is 4.24. The first-order chi connectivity index (χ1) is 33.6. The van der Waals surface area contributed by atoms with Gasteiger partial charge in [-0.3, -0.25) is 4.52 Å². The summed E-state index contributed by atoms with van der Waals surface area (Å²) in [5.41, 5.74) is 5.50. The number of hydrogen-bond acceptors (Lipinski definition) is 10. The van der Waals surface area contributed by atoms with E-state index in [-0.39, 0.29) is 6.61 Å². The molecule has 68 heavy (non-hydrogen) atoms. The first-order valence-corrected chi connectivity index (χ1v) is 26.9. The van der Waals surface area contributed by atoms with Crippen LogP contribution in [0.1, 0.15) is 74.6 Å². The molecule has 12 rings (SSSR count). The summed E-state index contributed by atoms with van der Waals surface area (Å²) in [7, 11) is -3.94. The van der Waals surface area contributed by atoms with Crippen LogP contribution >= 0.6 is 7.82 Å². The molecule has 0 amide bonds. The number of aromatic nitrogens is 2. The zero-order valence-electron chi connectivity index (χ0n) is 37.9. The highest BCUT2D eigenvalue weighted by molar-refractivity contribution is 7.49. The third-order valence-electron chi connectivity index (χ3n) is 12.4. The molecule has 0 fully saturated rings. The maximum absolute atomic E-state index is 13.9. The Kier molecular flexibility index (Phi) is 12.1. The molecule has 4 aliphatic heterocycles. The van der Waals surface area contributed by atoms with Crippen LogP contribution in [0.15, 0.2) is 188 Å². The van der Waals surface area contributed by atoms with Crippen molar-refractivity contribution >= 4 is 78.9 Å². The zero-order valence-corrected chi connectivity index (χ0v) is 40.0. The molecule has 0 atom stereocenters. The van der Waals surface area contributed by atoms with E-state index in [1.807, 2.05) is 74.5 Å². The second kappa shape index (κ2) is 18.9. The fourth-order valence-electron chi connectivity index (χ4n) is 9.40. The second-order valence-electron chi connectivity index (χ2n) is 16.7. The Hall–Kier alpha value is -7.00. The standard InChI is InChI=1S/C32H16N8.C20H26O4P.C2H6.Al/c1-2-10-18-17(9-1)25-33-26(18)38-28-21-13-5-6-14-22(21)30(35-28)40-32-24-16-8-7-15-23(24)31(36-32)39-29-20-12-4-3-11-19(20)27(34-29)37-25;1-2-3-4-5-6-13-18-22-25(21,23-19-14-9-7-10-15-19)24-20-16-11-8-12-17-20;1-2;/h1-16H;7-12,14-17H,1-6,13,18H2;1-2H3;/q-2;;;+2. The molecule has 6 bridgehead atoms. The molecule has 0 spiro atoms. The lowest BCUT2D eigenvalue weighted by Crippen LogP contribution is -2.46. The maximum atomic E-state index is 13.9. The molecule has 0 saturated heterocycles. The lowest BCUT2D eigenvalue weighted by atomic mass is 10.1. The number of benzene rings is 6. The van der Waals surface area contributed by atoms with Crippen molar-refractivity contribution < 1.29 is 18.1 Å². The van der Waals surface area contributed by atoms with E-state index in [4.69, 9.17) is 43.5 Å². The van der Waals surface area contributed by atoms with Crippen molar-refractivity contribution in [3.63, 3.8) is 0 Å². The molecule has 336 valence electrons. The van der Waals surface area contributed by atoms with Gasteiger partial charge in [-0.05, 0) is 30.7 Å². The van der Waals surface area contributed by atoms with Gasteiger partial charge in [0.25, 0.3) is 0 Å². The van der Waals surface area contributed by atoms with E-state index in [0.29, 0.717) is 41.3 Å². The highest BCUT2D eigenvalue weighted by Crippen LogP contribution is 2.50. The van der Waals surface area contributed by atoms with E-state index in [1.54, 1.807) is 24.3 Å². The van der Waals surface area contributed by atoms with Crippen LogP contribution in [0.3, 0.4) is 0 Å². The average molecular weight is 931 g/mol. The predicted octanol–water partition coefficient (Wildman–Crippen LogP) is 12.1. The monoisotopic (exact) mass is 930 g/mol. The van der Waals surface area contributed by atoms with Crippen molar-refractivity contribution in [3.05, 3.63) is 191 Å². The average Bonchev–Trinajstić information content (AvgIpc) is 4.09. The summed E-state index contributed by atoms with van der Waals surface area (Å²) in [5.74, 6) is 5.11. The Morgan fingerprint density at radius 3 is 1.28 bits per heavy atom. The zero-order chi connectivity index (χ0) is 46.0. The predicted molar refractivity (Wildman–Crippen MR) is 273 cm³/mol. The topological polar surface area (TPSA) is 129 Å². The molecule has 12 nitrogen and oxygen atoms in total. The Balaban J connectivity index is 0.00000250. The van der Waals surface area contributed by atoms with Crippen molar-refractivity contribution in [1.29, 1.82) is 0 Å². The lowest BCUT2D eigenvalue weighted by molar-refractivity contribution is 0.205.